The zero-order valence-corrected chi connectivity index (χ0v) is 5.62. The Morgan fingerprint density at radius 3 is 3.00 bits per heavy atom. The summed E-state index contributed by atoms with van der Waals surface area (Å²) >= 11 is 0. The minimum atomic E-state index is 0.694. The normalized spacial score (nSPS) is 38.1. The van der Waals surface area contributed by atoms with Crippen molar-refractivity contribution in [2.45, 2.75) is 12.5 Å². The van der Waals surface area contributed by atoms with Crippen LogP contribution in [0.2, 0.25) is 0 Å². The van der Waals surface area contributed by atoms with E-state index in [0.29, 0.717) is 6.04 Å². The van der Waals surface area contributed by atoms with Gasteiger partial charge in [0.15, 0.2) is 0 Å². The Labute approximate surface area is 55.7 Å². The molecule has 1 heterocycles. The quantitative estimate of drug-likeness (QED) is 0.438. The van der Waals surface area contributed by atoms with Gasteiger partial charge in [-0.25, -0.2) is 0 Å². The molecule has 1 heteroatoms. The van der Waals surface area contributed by atoms with Gasteiger partial charge in [-0.1, -0.05) is 18.2 Å². The van der Waals surface area contributed by atoms with Crippen molar-refractivity contribution in [3.8, 4) is 0 Å². The van der Waals surface area contributed by atoms with Gasteiger partial charge in [0.05, 0.1) is 0 Å². The van der Waals surface area contributed by atoms with Gasteiger partial charge in [-0.15, -0.1) is 0 Å². The Morgan fingerprint density at radius 1 is 1.33 bits per heavy atom. The Morgan fingerprint density at radius 2 is 2.22 bits per heavy atom. The van der Waals surface area contributed by atoms with Crippen molar-refractivity contribution in [1.82, 2.24) is 4.90 Å². The maximum atomic E-state index is 2.30. The van der Waals surface area contributed by atoms with Crippen molar-refractivity contribution in [2.75, 3.05) is 7.05 Å². The van der Waals surface area contributed by atoms with Crippen molar-refractivity contribution in [3.05, 3.63) is 24.4 Å². The van der Waals surface area contributed by atoms with Crippen LogP contribution in [-0.2, 0) is 0 Å². The van der Waals surface area contributed by atoms with Gasteiger partial charge in [0.25, 0.3) is 0 Å². The molecular weight excluding hydrogens is 110 g/mol. The standard InChI is InChI=1S/C8H11N/c1-9-5-4-7-2-3-8(9)6-7/h2-5,7-8H,6H2,1H3. The fourth-order valence-corrected chi connectivity index (χ4v) is 1.51. The van der Waals surface area contributed by atoms with Gasteiger partial charge in [0.2, 0.25) is 0 Å². The monoisotopic (exact) mass is 121 g/mol. The molecule has 9 heavy (non-hydrogen) atoms. The maximum Gasteiger partial charge on any atom is 0.0473 e. The highest BCUT2D eigenvalue weighted by atomic mass is 15.1. The van der Waals surface area contributed by atoms with E-state index in [1.54, 1.807) is 0 Å². The van der Waals surface area contributed by atoms with Gasteiger partial charge in [0, 0.05) is 13.1 Å². The molecule has 2 rings (SSSR count). The molecule has 0 spiro atoms. The molecule has 0 saturated carbocycles. The average Bonchev–Trinajstić information content (AvgIpc) is 2.25. The molecule has 1 aliphatic carbocycles. The van der Waals surface area contributed by atoms with Crippen LogP contribution in [0.25, 0.3) is 0 Å². The molecule has 48 valence electrons. The first-order chi connectivity index (χ1) is 4.36. The summed E-state index contributed by atoms with van der Waals surface area (Å²) in [6.07, 6.45) is 10.3. The first-order valence-electron chi connectivity index (χ1n) is 3.45. The summed E-state index contributed by atoms with van der Waals surface area (Å²) in [5.41, 5.74) is 0. The lowest BCUT2D eigenvalue weighted by atomic mass is 10.0. The summed E-state index contributed by atoms with van der Waals surface area (Å²) in [6.45, 7) is 0. The summed E-state index contributed by atoms with van der Waals surface area (Å²) in [5, 5.41) is 0. The van der Waals surface area contributed by atoms with E-state index in [1.807, 2.05) is 0 Å². The highest BCUT2D eigenvalue weighted by molar-refractivity contribution is 5.17. The Balaban J connectivity index is 2.28. The van der Waals surface area contributed by atoms with Crippen LogP contribution in [0.3, 0.4) is 0 Å². The molecule has 0 radical (unpaired) electrons. The van der Waals surface area contributed by atoms with Crippen LogP contribution in [0.15, 0.2) is 24.4 Å². The van der Waals surface area contributed by atoms with Crippen LogP contribution in [0, 0.1) is 5.92 Å². The predicted octanol–water partition coefficient (Wildman–Crippen LogP) is 1.39. The van der Waals surface area contributed by atoms with Crippen LogP contribution >= 0.6 is 0 Å². The number of hydrogen-bond donors (Lipinski definition) is 0. The van der Waals surface area contributed by atoms with Crippen molar-refractivity contribution in [2.24, 2.45) is 5.92 Å². The summed E-state index contributed by atoms with van der Waals surface area (Å²) in [7, 11) is 2.13. The first-order valence-corrected chi connectivity index (χ1v) is 3.45. The molecule has 2 aliphatic rings. The zero-order valence-electron chi connectivity index (χ0n) is 5.62. The third kappa shape index (κ3) is 0.680. The molecule has 0 aromatic carbocycles. The molecule has 0 amide bonds. The summed E-state index contributed by atoms with van der Waals surface area (Å²) in [4.78, 5) is 2.26. The molecule has 0 saturated heterocycles. The SMILES string of the molecule is CN1C=CC2C=CC1C2. The van der Waals surface area contributed by atoms with E-state index in [9.17, 15) is 0 Å². The second-order valence-corrected chi connectivity index (χ2v) is 2.86. The van der Waals surface area contributed by atoms with Gasteiger partial charge in [-0.3, -0.25) is 0 Å². The fraction of sp³-hybridized carbons (Fsp3) is 0.500. The summed E-state index contributed by atoms with van der Waals surface area (Å²) < 4.78 is 0. The molecule has 1 nitrogen and oxygen atoms in total. The fourth-order valence-electron chi connectivity index (χ4n) is 1.51. The van der Waals surface area contributed by atoms with E-state index in [4.69, 9.17) is 0 Å². The minimum absolute atomic E-state index is 0.694. The molecule has 2 unspecified atom stereocenters. The molecule has 2 atom stereocenters. The van der Waals surface area contributed by atoms with Crippen molar-refractivity contribution in [3.63, 3.8) is 0 Å². The molecule has 0 aromatic heterocycles. The number of likely N-dealkylation sites (N-methyl/N-ethyl adjacent to an activating group) is 1. The lowest BCUT2D eigenvalue weighted by Crippen LogP contribution is -2.26. The second-order valence-electron chi connectivity index (χ2n) is 2.86. The number of rotatable bonds is 0. The van der Waals surface area contributed by atoms with Crippen LogP contribution in [-0.4, -0.2) is 18.0 Å². The average molecular weight is 121 g/mol. The van der Waals surface area contributed by atoms with Crippen LogP contribution in [0.5, 0.6) is 0 Å². The molecule has 1 aliphatic heterocycles. The largest absolute Gasteiger partial charge is 0.374 e. The molecule has 0 aromatic rings. The molecular formula is C8H11N. The van der Waals surface area contributed by atoms with E-state index in [-0.39, 0.29) is 0 Å². The van der Waals surface area contributed by atoms with Crippen LogP contribution in [0.4, 0.5) is 0 Å². The van der Waals surface area contributed by atoms with Gasteiger partial charge in [0.1, 0.15) is 0 Å². The van der Waals surface area contributed by atoms with Gasteiger partial charge in [-0.2, -0.15) is 0 Å². The lowest BCUT2D eigenvalue weighted by Gasteiger charge is -2.25. The maximum absolute atomic E-state index is 2.30. The Kier molecular flexibility index (Phi) is 0.922. The van der Waals surface area contributed by atoms with Crippen LogP contribution in [0.1, 0.15) is 6.42 Å². The number of allylic oxidation sites excluding steroid dienone is 2. The highest BCUT2D eigenvalue weighted by Crippen LogP contribution is 2.26. The van der Waals surface area contributed by atoms with E-state index < -0.39 is 0 Å². The Hall–Kier alpha value is -0.720. The van der Waals surface area contributed by atoms with Gasteiger partial charge < -0.3 is 4.90 Å². The summed E-state index contributed by atoms with van der Waals surface area (Å²) in [5.74, 6) is 0.742. The third-order valence-corrected chi connectivity index (χ3v) is 2.19. The third-order valence-electron chi connectivity index (χ3n) is 2.19. The Bertz CT molecular complexity index is 169. The van der Waals surface area contributed by atoms with Crippen molar-refractivity contribution >= 4 is 0 Å². The highest BCUT2D eigenvalue weighted by Gasteiger charge is 2.22. The second kappa shape index (κ2) is 1.63. The topological polar surface area (TPSA) is 3.24 Å². The molecule has 0 fully saturated rings. The number of hydrogen-bond acceptors (Lipinski definition) is 1. The van der Waals surface area contributed by atoms with E-state index in [1.165, 1.54) is 6.42 Å². The van der Waals surface area contributed by atoms with Crippen molar-refractivity contribution < 1.29 is 0 Å². The predicted molar refractivity (Wildman–Crippen MR) is 37.9 cm³/mol. The zero-order chi connectivity index (χ0) is 6.27. The smallest absolute Gasteiger partial charge is 0.0473 e. The van der Waals surface area contributed by atoms with E-state index in [0.717, 1.165) is 5.92 Å². The van der Waals surface area contributed by atoms with Crippen LogP contribution < -0.4 is 0 Å². The molecule has 2 bridgehead atoms. The minimum Gasteiger partial charge on any atom is -0.374 e. The first kappa shape index (κ1) is 5.10. The number of nitrogens with zero attached hydrogens (tertiary/aromatic N) is 1. The van der Waals surface area contributed by atoms with Gasteiger partial charge >= 0.3 is 0 Å². The lowest BCUT2D eigenvalue weighted by molar-refractivity contribution is 0.346. The summed E-state index contributed by atoms with van der Waals surface area (Å²) in [6, 6.07) is 0.694. The van der Waals surface area contributed by atoms with E-state index >= 15 is 0 Å². The van der Waals surface area contributed by atoms with Crippen molar-refractivity contribution in [1.29, 1.82) is 0 Å². The van der Waals surface area contributed by atoms with Gasteiger partial charge in [-0.05, 0) is 18.5 Å². The number of fused-ring (bicyclic) bond motifs is 2. The molecule has 0 N–H and O–H groups in total. The van der Waals surface area contributed by atoms with E-state index in [2.05, 4.69) is 36.4 Å².